The molecular weight excluding hydrogens is 266 g/mol. The maximum Gasteiger partial charge on any atom is 0.331 e. The van der Waals surface area contributed by atoms with Gasteiger partial charge in [0.05, 0.1) is 5.16 Å². The average molecular weight is 290 g/mol. The molecule has 1 unspecified atom stereocenters. The Kier molecular flexibility index (Phi) is 8.86. The number of rotatable bonds is 5. The van der Waals surface area contributed by atoms with Gasteiger partial charge in [-0.3, -0.25) is 9.13 Å². The van der Waals surface area contributed by atoms with Gasteiger partial charge in [0.1, 0.15) is 0 Å². The normalized spacial score (nSPS) is 15.8. The van der Waals surface area contributed by atoms with Crippen molar-refractivity contribution in [1.82, 2.24) is 0 Å². The lowest BCUT2D eigenvalue weighted by molar-refractivity contribution is 0.315. The first kappa shape index (κ1) is 19.6. The van der Waals surface area contributed by atoms with Crippen molar-refractivity contribution in [3.63, 3.8) is 0 Å². The Balaban J connectivity index is 0. The summed E-state index contributed by atoms with van der Waals surface area (Å²) in [6, 6.07) is 0. The van der Waals surface area contributed by atoms with Crippen molar-refractivity contribution in [2.24, 2.45) is 0 Å². The fraction of sp³-hybridized carbons (Fsp3) is 1.00. The molecule has 106 valence electrons. The van der Waals surface area contributed by atoms with Crippen LogP contribution in [0.3, 0.4) is 0 Å². The van der Waals surface area contributed by atoms with Crippen LogP contribution in [0.15, 0.2) is 0 Å². The fourth-order valence-corrected chi connectivity index (χ4v) is 1.74. The lowest BCUT2D eigenvalue weighted by Gasteiger charge is -2.23. The summed E-state index contributed by atoms with van der Waals surface area (Å²) in [6.07, 6.45) is 1.43. The highest BCUT2D eigenvalue weighted by atomic mass is 31.2. The third-order valence-corrected chi connectivity index (χ3v) is 5.92. The molecule has 0 aromatic rings. The standard InChI is InChI=1S/C5H13O3P.C4H11O3P/c1-4-5(2,3)9(6,7)8;1-3-4-8(5,6)7-2/h4H2,1-3H3,(H2,6,7,8);3-4H2,1-2H3,(H,5,6). The van der Waals surface area contributed by atoms with E-state index in [-0.39, 0.29) is 6.16 Å². The van der Waals surface area contributed by atoms with E-state index in [0.29, 0.717) is 12.8 Å². The van der Waals surface area contributed by atoms with Gasteiger partial charge in [-0.2, -0.15) is 0 Å². The van der Waals surface area contributed by atoms with E-state index in [4.69, 9.17) is 14.7 Å². The van der Waals surface area contributed by atoms with Crippen LogP contribution in [0.5, 0.6) is 0 Å². The summed E-state index contributed by atoms with van der Waals surface area (Å²) in [4.78, 5) is 26.0. The first-order chi connectivity index (χ1) is 7.43. The minimum absolute atomic E-state index is 0.253. The van der Waals surface area contributed by atoms with Crippen LogP contribution in [-0.2, 0) is 13.7 Å². The van der Waals surface area contributed by atoms with E-state index in [1.807, 2.05) is 6.92 Å². The van der Waals surface area contributed by atoms with E-state index < -0.39 is 20.3 Å². The van der Waals surface area contributed by atoms with Gasteiger partial charge in [0.2, 0.25) is 0 Å². The highest BCUT2D eigenvalue weighted by molar-refractivity contribution is 7.53. The lowest BCUT2D eigenvalue weighted by Crippen LogP contribution is -2.17. The molecule has 0 rings (SSSR count). The first-order valence-electron chi connectivity index (χ1n) is 5.36. The molecule has 0 bridgehead atoms. The molecule has 17 heavy (non-hydrogen) atoms. The monoisotopic (exact) mass is 290 g/mol. The quantitative estimate of drug-likeness (QED) is 0.672. The molecule has 1 atom stereocenters. The van der Waals surface area contributed by atoms with Gasteiger partial charge < -0.3 is 19.2 Å². The topological polar surface area (TPSA) is 104 Å². The van der Waals surface area contributed by atoms with Crippen molar-refractivity contribution in [2.45, 2.75) is 45.7 Å². The summed E-state index contributed by atoms with van der Waals surface area (Å²) in [7, 11) is -5.80. The Morgan fingerprint density at radius 1 is 1.12 bits per heavy atom. The van der Waals surface area contributed by atoms with E-state index in [1.54, 1.807) is 20.8 Å². The summed E-state index contributed by atoms with van der Waals surface area (Å²) in [6.45, 7) is 6.72. The smallest absolute Gasteiger partial charge is 0.324 e. The van der Waals surface area contributed by atoms with Gasteiger partial charge in [0.25, 0.3) is 0 Å². The maximum atomic E-state index is 10.6. The molecule has 8 heteroatoms. The van der Waals surface area contributed by atoms with E-state index in [1.165, 1.54) is 7.11 Å². The van der Waals surface area contributed by atoms with Crippen molar-refractivity contribution in [3.8, 4) is 0 Å². The molecule has 0 heterocycles. The second kappa shape index (κ2) is 7.67. The third-order valence-electron chi connectivity index (χ3n) is 2.45. The van der Waals surface area contributed by atoms with Crippen LogP contribution >= 0.6 is 15.2 Å². The number of hydrogen-bond acceptors (Lipinski definition) is 3. The van der Waals surface area contributed by atoms with E-state index in [0.717, 1.165) is 0 Å². The Morgan fingerprint density at radius 3 is 1.59 bits per heavy atom. The van der Waals surface area contributed by atoms with Crippen molar-refractivity contribution < 1.29 is 28.3 Å². The molecule has 0 aliphatic carbocycles. The molecule has 0 radical (unpaired) electrons. The highest BCUT2D eigenvalue weighted by Crippen LogP contribution is 2.51. The predicted molar refractivity (Wildman–Crippen MR) is 68.4 cm³/mol. The molecule has 0 aliphatic rings. The molecule has 0 aromatic heterocycles. The van der Waals surface area contributed by atoms with Crippen molar-refractivity contribution in [3.05, 3.63) is 0 Å². The van der Waals surface area contributed by atoms with E-state index >= 15 is 0 Å². The molecule has 0 aliphatic heterocycles. The summed E-state index contributed by atoms with van der Waals surface area (Å²) in [5.74, 6) is 0. The molecular formula is C9H24O6P2. The van der Waals surface area contributed by atoms with Crippen LogP contribution in [0.2, 0.25) is 0 Å². The Labute approximate surface area is 103 Å². The van der Waals surface area contributed by atoms with Gasteiger partial charge in [-0.15, -0.1) is 0 Å². The summed E-state index contributed by atoms with van der Waals surface area (Å²) < 4.78 is 25.4. The van der Waals surface area contributed by atoms with Gasteiger partial charge >= 0.3 is 15.2 Å². The molecule has 0 saturated carbocycles. The SMILES string of the molecule is CCC(C)(C)P(=O)(O)O.CCCP(=O)(O)OC. The van der Waals surface area contributed by atoms with Crippen LogP contribution in [-0.4, -0.2) is 33.1 Å². The van der Waals surface area contributed by atoms with Crippen molar-refractivity contribution in [1.29, 1.82) is 0 Å². The van der Waals surface area contributed by atoms with Crippen LogP contribution in [0.25, 0.3) is 0 Å². The zero-order valence-electron chi connectivity index (χ0n) is 11.1. The molecule has 0 aromatic carbocycles. The largest absolute Gasteiger partial charge is 0.331 e. The summed E-state index contributed by atoms with van der Waals surface area (Å²) >= 11 is 0. The molecule has 0 saturated heterocycles. The van der Waals surface area contributed by atoms with Gasteiger partial charge in [0, 0.05) is 13.3 Å². The van der Waals surface area contributed by atoms with Crippen LogP contribution < -0.4 is 0 Å². The number of hydrogen-bond donors (Lipinski definition) is 3. The van der Waals surface area contributed by atoms with Crippen molar-refractivity contribution >= 4 is 15.2 Å². The molecule has 6 nitrogen and oxygen atoms in total. The summed E-state index contributed by atoms with van der Waals surface area (Å²) in [5, 5.41) is -0.854. The van der Waals surface area contributed by atoms with Gasteiger partial charge in [-0.1, -0.05) is 13.8 Å². The first-order valence-corrected chi connectivity index (χ1v) is 8.74. The van der Waals surface area contributed by atoms with E-state index in [9.17, 15) is 9.13 Å². The molecule has 0 spiro atoms. The summed E-state index contributed by atoms with van der Waals surface area (Å²) in [5.41, 5.74) is 0. The zero-order chi connectivity index (χ0) is 14.3. The third kappa shape index (κ3) is 8.95. The predicted octanol–water partition coefficient (Wildman–Crippen LogP) is 2.58. The Morgan fingerprint density at radius 2 is 1.53 bits per heavy atom. The van der Waals surface area contributed by atoms with Crippen molar-refractivity contribution in [2.75, 3.05) is 13.3 Å². The molecule has 3 N–H and O–H groups in total. The van der Waals surface area contributed by atoms with Gasteiger partial charge in [-0.05, 0) is 26.7 Å². The fourth-order valence-electron chi connectivity index (χ4n) is 0.580. The average Bonchev–Trinajstić information content (AvgIpc) is 2.17. The lowest BCUT2D eigenvalue weighted by atomic mass is 10.1. The molecule has 0 fully saturated rings. The van der Waals surface area contributed by atoms with Crippen LogP contribution in [0.1, 0.15) is 40.5 Å². The second-order valence-corrected chi connectivity index (χ2v) is 8.64. The minimum atomic E-state index is -3.87. The highest BCUT2D eigenvalue weighted by Gasteiger charge is 2.35. The van der Waals surface area contributed by atoms with Crippen LogP contribution in [0, 0.1) is 0 Å². The van der Waals surface area contributed by atoms with Gasteiger partial charge in [-0.25, -0.2) is 0 Å². The molecule has 0 amide bonds. The van der Waals surface area contributed by atoms with Crippen LogP contribution in [0.4, 0.5) is 0 Å². The second-order valence-electron chi connectivity index (χ2n) is 4.25. The minimum Gasteiger partial charge on any atom is -0.324 e. The van der Waals surface area contributed by atoms with Gasteiger partial charge in [0.15, 0.2) is 0 Å². The maximum absolute atomic E-state index is 10.6. The Bertz CT molecular complexity index is 296. The van der Waals surface area contributed by atoms with E-state index in [2.05, 4.69) is 4.52 Å². The zero-order valence-corrected chi connectivity index (χ0v) is 12.9. The Hall–Kier alpha value is 0.300.